The number of aryl methyl sites for hydroxylation is 2. The van der Waals surface area contributed by atoms with Crippen LogP contribution in [0.3, 0.4) is 0 Å². The second kappa shape index (κ2) is 8.56. The molecule has 0 atom stereocenters. The molecule has 0 saturated heterocycles. The van der Waals surface area contributed by atoms with E-state index in [1.54, 1.807) is 11.6 Å². The summed E-state index contributed by atoms with van der Waals surface area (Å²) in [7, 11) is 1.73. The number of hydrogen-bond donors (Lipinski definition) is 0. The second-order valence-corrected chi connectivity index (χ2v) is 9.84. The Labute approximate surface area is 194 Å². The van der Waals surface area contributed by atoms with E-state index in [1.165, 1.54) is 34.2 Å². The van der Waals surface area contributed by atoms with Gasteiger partial charge in [0.15, 0.2) is 5.16 Å². The molecule has 2 aromatic heterocycles. The number of nitrogens with zero attached hydrogens (tertiary/aromatic N) is 3. The van der Waals surface area contributed by atoms with Crippen LogP contribution in [0, 0.1) is 6.92 Å². The van der Waals surface area contributed by atoms with Crippen LogP contribution in [0.15, 0.2) is 63.9 Å². The smallest absolute Gasteiger partial charge is 0.271 e. The summed E-state index contributed by atoms with van der Waals surface area (Å²) in [6.45, 7) is 2.78. The van der Waals surface area contributed by atoms with E-state index < -0.39 is 0 Å². The molecule has 0 fully saturated rings. The number of aromatic nitrogens is 2. The molecule has 5 rings (SSSR count). The quantitative estimate of drug-likeness (QED) is 0.316. The van der Waals surface area contributed by atoms with Crippen LogP contribution in [0.4, 0.5) is 5.69 Å². The van der Waals surface area contributed by atoms with Crippen LogP contribution in [0.5, 0.6) is 0 Å². The zero-order valence-corrected chi connectivity index (χ0v) is 19.6. The predicted octanol–water partition coefficient (Wildman–Crippen LogP) is 5.04. The maximum Gasteiger partial charge on any atom is 0.271 e. The second-order valence-electron chi connectivity index (χ2n) is 8.02. The van der Waals surface area contributed by atoms with E-state index in [0.717, 1.165) is 36.2 Å². The summed E-state index contributed by atoms with van der Waals surface area (Å²) in [5.74, 6) is 0.282. The average molecular weight is 462 g/mol. The maximum absolute atomic E-state index is 13.1. The molecule has 4 aromatic rings. The molecule has 0 spiro atoms. The van der Waals surface area contributed by atoms with Gasteiger partial charge in [-0.3, -0.25) is 14.2 Å². The molecule has 32 heavy (non-hydrogen) atoms. The van der Waals surface area contributed by atoms with E-state index in [4.69, 9.17) is 4.98 Å². The van der Waals surface area contributed by atoms with Crippen LogP contribution < -0.4 is 10.5 Å². The SMILES string of the molecule is Cc1ccc(-c2csc3c(=O)n(C)c(SCC(=O)N4CCCc5ccccc54)nc23)cc1. The number of thiophene rings is 1. The fourth-order valence-corrected chi connectivity index (χ4v) is 5.92. The Bertz CT molecular complexity index is 1370. The van der Waals surface area contributed by atoms with Gasteiger partial charge in [-0.2, -0.15) is 0 Å². The van der Waals surface area contributed by atoms with Crippen molar-refractivity contribution in [2.24, 2.45) is 7.05 Å². The number of thioether (sulfide) groups is 1. The number of fused-ring (bicyclic) bond motifs is 2. The molecule has 162 valence electrons. The van der Waals surface area contributed by atoms with Crippen molar-refractivity contribution in [3.05, 3.63) is 75.4 Å². The van der Waals surface area contributed by atoms with Crippen molar-refractivity contribution < 1.29 is 4.79 Å². The number of rotatable bonds is 4. The van der Waals surface area contributed by atoms with E-state index in [-0.39, 0.29) is 17.2 Å². The fraction of sp³-hybridized carbons (Fsp3) is 0.240. The van der Waals surface area contributed by atoms with Gasteiger partial charge in [-0.05, 0) is 37.0 Å². The molecule has 1 aliphatic rings. The highest BCUT2D eigenvalue weighted by Gasteiger charge is 2.23. The third-order valence-corrected chi connectivity index (χ3v) is 7.83. The van der Waals surface area contributed by atoms with Crippen LogP contribution in [0.1, 0.15) is 17.5 Å². The first kappa shape index (κ1) is 21.0. The topological polar surface area (TPSA) is 55.2 Å². The Morgan fingerprint density at radius 1 is 1.16 bits per heavy atom. The number of amides is 1. The number of benzene rings is 2. The summed E-state index contributed by atoms with van der Waals surface area (Å²) < 4.78 is 2.20. The number of hydrogen-bond acceptors (Lipinski definition) is 5. The van der Waals surface area contributed by atoms with Crippen LogP contribution in [-0.4, -0.2) is 27.8 Å². The van der Waals surface area contributed by atoms with Crippen molar-refractivity contribution >= 4 is 44.9 Å². The van der Waals surface area contributed by atoms with E-state index in [0.29, 0.717) is 15.4 Å². The average Bonchev–Trinajstić information content (AvgIpc) is 3.24. The van der Waals surface area contributed by atoms with Gasteiger partial charge >= 0.3 is 0 Å². The van der Waals surface area contributed by atoms with Crippen molar-refractivity contribution in [1.82, 2.24) is 9.55 Å². The first-order chi connectivity index (χ1) is 15.5. The van der Waals surface area contributed by atoms with E-state index >= 15 is 0 Å². The largest absolute Gasteiger partial charge is 0.311 e. The molecule has 0 bridgehead atoms. The van der Waals surface area contributed by atoms with Gasteiger partial charge in [0, 0.05) is 30.2 Å². The monoisotopic (exact) mass is 461 g/mol. The Hall–Kier alpha value is -2.90. The molecular weight excluding hydrogens is 438 g/mol. The molecule has 0 saturated carbocycles. The summed E-state index contributed by atoms with van der Waals surface area (Å²) in [5.41, 5.74) is 6.04. The van der Waals surface area contributed by atoms with Crippen molar-refractivity contribution in [2.45, 2.75) is 24.9 Å². The third-order valence-electron chi connectivity index (χ3n) is 5.86. The predicted molar refractivity (Wildman–Crippen MR) is 133 cm³/mol. The molecule has 0 radical (unpaired) electrons. The number of para-hydroxylation sites is 1. The summed E-state index contributed by atoms with van der Waals surface area (Å²) in [5, 5.41) is 2.56. The van der Waals surface area contributed by atoms with Crippen LogP contribution in [0.25, 0.3) is 21.3 Å². The van der Waals surface area contributed by atoms with E-state index in [9.17, 15) is 9.59 Å². The first-order valence-electron chi connectivity index (χ1n) is 10.6. The van der Waals surface area contributed by atoms with Gasteiger partial charge in [0.1, 0.15) is 4.70 Å². The Morgan fingerprint density at radius 3 is 2.75 bits per heavy atom. The molecule has 1 aliphatic heterocycles. The molecule has 3 heterocycles. The van der Waals surface area contributed by atoms with Crippen LogP contribution >= 0.6 is 23.1 Å². The lowest BCUT2D eigenvalue weighted by molar-refractivity contribution is -0.116. The summed E-state index contributed by atoms with van der Waals surface area (Å²) in [6.07, 6.45) is 1.96. The van der Waals surface area contributed by atoms with Gasteiger partial charge in [0.05, 0.1) is 11.3 Å². The van der Waals surface area contributed by atoms with Crippen molar-refractivity contribution in [3.63, 3.8) is 0 Å². The van der Waals surface area contributed by atoms with Crippen LogP contribution in [-0.2, 0) is 18.3 Å². The first-order valence-corrected chi connectivity index (χ1v) is 12.5. The fourth-order valence-electron chi connectivity index (χ4n) is 4.09. The Kier molecular flexibility index (Phi) is 5.61. The molecular formula is C25H23N3O2S2. The molecule has 0 aliphatic carbocycles. The number of anilines is 1. The molecule has 5 nitrogen and oxygen atoms in total. The standard InChI is InChI=1S/C25H23N3O2S2/c1-16-9-11-17(12-10-16)19-14-31-23-22(19)26-25(27(2)24(23)30)32-15-21(29)28-13-5-7-18-6-3-4-8-20(18)28/h3-4,6,8-12,14H,5,7,13,15H2,1-2H3. The van der Waals surface area contributed by atoms with Gasteiger partial charge in [-0.25, -0.2) is 4.98 Å². The highest BCUT2D eigenvalue weighted by atomic mass is 32.2. The number of carbonyl (C=O) groups is 1. The lowest BCUT2D eigenvalue weighted by Gasteiger charge is -2.29. The number of carbonyl (C=O) groups excluding carboxylic acids is 1. The highest BCUT2D eigenvalue weighted by molar-refractivity contribution is 7.99. The highest BCUT2D eigenvalue weighted by Crippen LogP contribution is 2.33. The third kappa shape index (κ3) is 3.76. The Balaban J connectivity index is 1.44. The van der Waals surface area contributed by atoms with Gasteiger partial charge in [0.25, 0.3) is 5.56 Å². The molecule has 0 unspecified atom stereocenters. The minimum absolute atomic E-state index is 0.0422. The van der Waals surface area contributed by atoms with Crippen molar-refractivity contribution in [1.29, 1.82) is 0 Å². The van der Waals surface area contributed by atoms with Crippen molar-refractivity contribution in [3.8, 4) is 11.1 Å². The van der Waals surface area contributed by atoms with E-state index in [1.807, 2.05) is 28.5 Å². The zero-order valence-electron chi connectivity index (χ0n) is 18.0. The van der Waals surface area contributed by atoms with E-state index in [2.05, 4.69) is 37.3 Å². The molecule has 1 amide bonds. The summed E-state index contributed by atoms with van der Waals surface area (Å²) >= 11 is 2.75. The maximum atomic E-state index is 13.1. The lowest BCUT2D eigenvalue weighted by Crippen LogP contribution is -2.36. The summed E-state index contributed by atoms with van der Waals surface area (Å²) in [6, 6.07) is 16.3. The van der Waals surface area contributed by atoms with Gasteiger partial charge in [0.2, 0.25) is 5.91 Å². The van der Waals surface area contributed by atoms with Gasteiger partial charge in [-0.15, -0.1) is 11.3 Å². The van der Waals surface area contributed by atoms with Crippen molar-refractivity contribution in [2.75, 3.05) is 17.2 Å². The molecule has 2 aromatic carbocycles. The molecule has 0 N–H and O–H groups in total. The van der Waals surface area contributed by atoms with Gasteiger partial charge < -0.3 is 4.90 Å². The summed E-state index contributed by atoms with van der Waals surface area (Å²) in [4.78, 5) is 32.7. The minimum atomic E-state index is -0.0726. The lowest BCUT2D eigenvalue weighted by atomic mass is 10.0. The van der Waals surface area contributed by atoms with Crippen LogP contribution in [0.2, 0.25) is 0 Å². The Morgan fingerprint density at radius 2 is 1.94 bits per heavy atom. The minimum Gasteiger partial charge on any atom is -0.311 e. The van der Waals surface area contributed by atoms with Gasteiger partial charge in [-0.1, -0.05) is 59.8 Å². The zero-order chi connectivity index (χ0) is 22.2. The normalized spacial score (nSPS) is 13.4. The molecule has 7 heteroatoms.